The zero-order valence-electron chi connectivity index (χ0n) is 19.3. The van der Waals surface area contributed by atoms with E-state index in [2.05, 4.69) is 21.0 Å². The Morgan fingerprint density at radius 3 is 2.54 bits per heavy atom. The second-order valence-electron chi connectivity index (χ2n) is 7.71. The van der Waals surface area contributed by atoms with Crippen LogP contribution in [0, 0.1) is 5.92 Å². The molecule has 0 spiro atoms. The lowest BCUT2D eigenvalue weighted by molar-refractivity contribution is -0.121. The molecular weight excluding hydrogens is 472 g/mol. The van der Waals surface area contributed by atoms with Crippen LogP contribution in [0.3, 0.4) is 0 Å². The molecule has 0 bridgehead atoms. The Hall–Kier alpha value is -3.61. The molecule has 2 aliphatic heterocycles. The summed E-state index contributed by atoms with van der Waals surface area (Å²) in [4.78, 5) is 24.2. The number of nitrogens with one attached hydrogen (secondary N) is 2. The number of carbonyl (C=O) groups is 1. The lowest BCUT2D eigenvalue weighted by Gasteiger charge is -2.32. The second kappa shape index (κ2) is 9.94. The van der Waals surface area contributed by atoms with Gasteiger partial charge < -0.3 is 18.7 Å². The Labute approximate surface area is 205 Å². The third-order valence-electron chi connectivity index (χ3n) is 5.66. The van der Waals surface area contributed by atoms with Crippen molar-refractivity contribution in [2.75, 3.05) is 32.8 Å². The molecule has 2 atom stereocenters. The Kier molecular flexibility index (Phi) is 6.57. The summed E-state index contributed by atoms with van der Waals surface area (Å²) in [6.07, 6.45) is -0.317. The number of thioether (sulfide) groups is 1. The Bertz CT molecular complexity index is 1230. The number of amidine groups is 1. The quantitative estimate of drug-likeness (QED) is 0.504. The maximum Gasteiger partial charge on any atom is 0.241 e. The van der Waals surface area contributed by atoms with Crippen molar-refractivity contribution in [3.63, 3.8) is 0 Å². The van der Waals surface area contributed by atoms with Gasteiger partial charge >= 0.3 is 0 Å². The van der Waals surface area contributed by atoms with Crippen LogP contribution in [0.4, 0.5) is 5.69 Å². The fraction of sp³-hybridized carbons (Fsp3) is 0.304. The van der Waals surface area contributed by atoms with Crippen molar-refractivity contribution >= 4 is 28.5 Å². The maximum atomic E-state index is 13.3. The molecule has 0 aliphatic carbocycles. The first-order valence-corrected chi connectivity index (χ1v) is 11.8. The Morgan fingerprint density at radius 2 is 1.86 bits per heavy atom. The van der Waals surface area contributed by atoms with Crippen LogP contribution in [-0.2, 0) is 10.5 Å². The zero-order chi connectivity index (χ0) is 24.4. The molecule has 1 amide bonds. The van der Waals surface area contributed by atoms with Crippen LogP contribution in [0.15, 0.2) is 52.0 Å². The minimum absolute atomic E-state index is 0.0140. The summed E-state index contributed by atoms with van der Waals surface area (Å²) in [5.74, 6) is 2.27. The van der Waals surface area contributed by atoms with Gasteiger partial charge in [-0.05, 0) is 24.3 Å². The number of fused-ring (bicyclic) bond motifs is 1. The molecule has 1 fully saturated rings. The van der Waals surface area contributed by atoms with Gasteiger partial charge in [0.15, 0.2) is 16.7 Å². The van der Waals surface area contributed by atoms with E-state index in [1.54, 1.807) is 38.4 Å². The van der Waals surface area contributed by atoms with E-state index >= 15 is 0 Å². The molecule has 2 aromatic carbocycles. The molecule has 3 heterocycles. The van der Waals surface area contributed by atoms with Crippen molar-refractivity contribution in [2.24, 2.45) is 10.9 Å². The summed E-state index contributed by atoms with van der Waals surface area (Å²) >= 11 is 1.36. The van der Waals surface area contributed by atoms with Gasteiger partial charge in [0.1, 0.15) is 6.17 Å². The zero-order valence-corrected chi connectivity index (χ0v) is 20.2. The van der Waals surface area contributed by atoms with E-state index in [0.717, 1.165) is 5.69 Å². The number of methoxy groups -OCH3 is 3. The highest BCUT2D eigenvalue weighted by Gasteiger charge is 2.42. The van der Waals surface area contributed by atoms with Crippen LogP contribution in [0.25, 0.3) is 11.4 Å². The van der Waals surface area contributed by atoms with E-state index in [4.69, 9.17) is 23.7 Å². The molecule has 2 N–H and O–H groups in total. The fourth-order valence-corrected chi connectivity index (χ4v) is 4.83. The van der Waals surface area contributed by atoms with Crippen molar-refractivity contribution in [2.45, 2.75) is 11.9 Å². The van der Waals surface area contributed by atoms with Gasteiger partial charge in [0.2, 0.25) is 23.4 Å². The summed E-state index contributed by atoms with van der Waals surface area (Å²) in [7, 11) is 4.63. The lowest BCUT2D eigenvalue weighted by atomic mass is 10.1. The number of carbonyl (C=O) groups excluding carboxylic acids is 1. The minimum atomic E-state index is -0.317. The molecule has 35 heavy (non-hydrogen) atoms. The highest BCUT2D eigenvalue weighted by atomic mass is 32.2. The largest absolute Gasteiger partial charge is 0.493 e. The topological polar surface area (TPSA) is 123 Å². The number of hydrogen-bond acceptors (Lipinski definition) is 11. The summed E-state index contributed by atoms with van der Waals surface area (Å²) in [6.45, 7) is 0.524. The number of nitrogens with zero attached hydrogens (tertiary/aromatic N) is 4. The normalized spacial score (nSPS) is 19.3. The van der Waals surface area contributed by atoms with Gasteiger partial charge in [0.25, 0.3) is 0 Å². The number of ether oxygens (including phenoxy) is 3. The first kappa shape index (κ1) is 23.1. The van der Waals surface area contributed by atoms with Crippen LogP contribution in [0.1, 0.15) is 5.89 Å². The van der Waals surface area contributed by atoms with Gasteiger partial charge in [-0.1, -0.05) is 35.1 Å². The number of aromatic nitrogens is 2. The van der Waals surface area contributed by atoms with Crippen molar-refractivity contribution in [1.29, 1.82) is 0 Å². The van der Waals surface area contributed by atoms with Crippen LogP contribution in [0.5, 0.6) is 17.2 Å². The number of anilines is 1. The van der Waals surface area contributed by atoms with Gasteiger partial charge in [-0.15, -0.1) is 0 Å². The summed E-state index contributed by atoms with van der Waals surface area (Å²) in [6, 6.07) is 13.0. The highest BCUT2D eigenvalue weighted by molar-refractivity contribution is 8.13. The first-order chi connectivity index (χ1) is 17.1. The Balaban J connectivity index is 1.38. The van der Waals surface area contributed by atoms with Crippen molar-refractivity contribution in [3.8, 4) is 28.6 Å². The van der Waals surface area contributed by atoms with Crippen LogP contribution >= 0.6 is 11.8 Å². The average molecular weight is 497 g/mol. The number of amides is 1. The summed E-state index contributed by atoms with van der Waals surface area (Å²) in [5, 5.41) is 4.67. The van der Waals surface area contributed by atoms with E-state index in [0.29, 0.717) is 52.0 Å². The molecule has 5 rings (SSSR count). The number of para-hydroxylation sites is 1. The smallest absolute Gasteiger partial charge is 0.241 e. The fourth-order valence-electron chi connectivity index (χ4n) is 3.95. The molecule has 1 saturated heterocycles. The minimum Gasteiger partial charge on any atom is -0.493 e. The Morgan fingerprint density at radius 1 is 1.11 bits per heavy atom. The van der Waals surface area contributed by atoms with E-state index in [1.165, 1.54) is 11.8 Å². The van der Waals surface area contributed by atoms with Gasteiger partial charge in [0.05, 0.1) is 38.7 Å². The highest BCUT2D eigenvalue weighted by Crippen LogP contribution is 2.40. The maximum absolute atomic E-state index is 13.3. The number of hydrogen-bond donors (Lipinski definition) is 2. The number of hydrazine groups is 1. The van der Waals surface area contributed by atoms with Gasteiger partial charge in [-0.2, -0.15) is 4.98 Å². The number of aliphatic imine (C=N–C) groups is 1. The van der Waals surface area contributed by atoms with E-state index < -0.39 is 0 Å². The molecule has 12 heteroatoms. The molecule has 2 aliphatic rings. The molecule has 0 saturated carbocycles. The third-order valence-corrected chi connectivity index (χ3v) is 6.60. The van der Waals surface area contributed by atoms with Crippen molar-refractivity contribution in [1.82, 2.24) is 21.0 Å². The molecule has 182 valence electrons. The van der Waals surface area contributed by atoms with Crippen molar-refractivity contribution < 1.29 is 23.5 Å². The molecule has 3 aromatic rings. The molecule has 11 nitrogen and oxygen atoms in total. The van der Waals surface area contributed by atoms with Gasteiger partial charge in [0, 0.05) is 12.1 Å². The van der Waals surface area contributed by atoms with Crippen molar-refractivity contribution in [3.05, 3.63) is 48.4 Å². The van der Waals surface area contributed by atoms with Gasteiger partial charge in [-0.3, -0.25) is 15.1 Å². The third kappa shape index (κ3) is 4.43. The SMILES string of the molecule is COc1cc(-c2noc(CSC3=NC4NNCC4C(=O)N3c3ccccc3)n2)cc(OC)c1OC. The van der Waals surface area contributed by atoms with E-state index in [1.807, 2.05) is 30.3 Å². The lowest BCUT2D eigenvalue weighted by Crippen LogP contribution is -2.49. The number of benzene rings is 2. The van der Waals surface area contributed by atoms with E-state index in [9.17, 15) is 4.79 Å². The number of rotatable bonds is 7. The van der Waals surface area contributed by atoms with Crippen LogP contribution in [0.2, 0.25) is 0 Å². The molecule has 2 unspecified atom stereocenters. The molecular formula is C23H24N6O5S. The molecule has 1 aromatic heterocycles. The molecule has 0 radical (unpaired) electrons. The standard InChI is InChI=1S/C23H24N6O5S/c1-31-16-9-13(10-17(32-2)19(16)33-3)20-25-18(34-28-20)12-35-23-26-21-15(11-24-27-21)22(30)29(23)14-7-5-4-6-8-14/h4-10,15,21,24,27H,11-12H2,1-3H3. The average Bonchev–Trinajstić information content (AvgIpc) is 3.57. The van der Waals surface area contributed by atoms with Gasteiger partial charge in [-0.25, -0.2) is 10.4 Å². The first-order valence-electron chi connectivity index (χ1n) is 10.8. The summed E-state index contributed by atoms with van der Waals surface area (Å²) in [5.41, 5.74) is 7.50. The predicted molar refractivity (Wildman–Crippen MR) is 130 cm³/mol. The van der Waals surface area contributed by atoms with E-state index in [-0.39, 0.29) is 18.0 Å². The summed E-state index contributed by atoms with van der Waals surface area (Å²) < 4.78 is 21.7. The monoisotopic (exact) mass is 496 g/mol. The predicted octanol–water partition coefficient (Wildman–Crippen LogP) is 2.45. The van der Waals surface area contributed by atoms with Crippen LogP contribution < -0.4 is 30.0 Å². The van der Waals surface area contributed by atoms with Crippen LogP contribution in [-0.4, -0.2) is 55.3 Å². The second-order valence-corrected chi connectivity index (χ2v) is 8.65.